The monoisotopic (exact) mass is 1020 g/mol. The van der Waals surface area contributed by atoms with Crippen molar-refractivity contribution in [3.8, 4) is 5.75 Å². The highest BCUT2D eigenvalue weighted by Crippen LogP contribution is 2.42. The normalized spacial score (nSPS) is 18.9. The third kappa shape index (κ3) is 9.89. The molecule has 0 radical (unpaired) electrons. The van der Waals surface area contributed by atoms with E-state index in [4.69, 9.17) is 14.5 Å². The Morgan fingerprint density at radius 2 is 1.57 bits per heavy atom. The number of nitrogens with one attached hydrogen (secondary N) is 3. The Hall–Kier alpha value is -8.13. The summed E-state index contributed by atoms with van der Waals surface area (Å²) < 4.78 is 27.3. The standard InChI is InChI=1S/C55H58FN11O8/c1-32-43(13-15-46-49(32)66(23-24-74-46)54(73)75-55(2,3)4)64-18-17-34-28-57-53(60-42(34)31-64)59-35-7-5-33(6-8-35)25-48(69)58-36-9-12-44(41(56)26-36)63-21-19-62(20-22-63)38-29-65(30-38)37-10-11-39-40(27-37)52(72)67(51(39)71)45-14-16-47(68)61-50(45)70/h5-13,15,26-28,38,45H,14,16-25,29-31H2,1-4H3,(H,58,69)(H,57,59,60)(H,61,68,70). The van der Waals surface area contributed by atoms with E-state index in [1.165, 1.54) is 6.07 Å². The first-order valence-corrected chi connectivity index (χ1v) is 25.4. The summed E-state index contributed by atoms with van der Waals surface area (Å²) >= 11 is 0. The molecule has 1 aromatic heterocycles. The van der Waals surface area contributed by atoms with Crippen molar-refractivity contribution in [1.29, 1.82) is 0 Å². The molecule has 3 N–H and O–H groups in total. The van der Waals surface area contributed by atoms with Gasteiger partial charge in [-0.1, -0.05) is 12.1 Å². The molecule has 1 unspecified atom stereocenters. The molecule has 11 rings (SSSR count). The average molecular weight is 1020 g/mol. The molecule has 3 saturated heterocycles. The Kier molecular flexibility index (Phi) is 12.8. The number of hydrogen-bond acceptors (Lipinski definition) is 15. The average Bonchev–Trinajstić information content (AvgIpc) is 3.62. The molecule has 0 spiro atoms. The summed E-state index contributed by atoms with van der Waals surface area (Å²) in [4.78, 5) is 97.9. The molecule has 6 aliphatic rings. The van der Waals surface area contributed by atoms with Crippen LogP contribution in [0, 0.1) is 12.7 Å². The fraction of sp³-hybridized carbons (Fsp3) is 0.382. The van der Waals surface area contributed by atoms with Crippen molar-refractivity contribution in [3.63, 3.8) is 0 Å². The van der Waals surface area contributed by atoms with Crippen LogP contribution in [0.3, 0.4) is 0 Å². The quantitative estimate of drug-likeness (QED) is 0.138. The molecule has 5 aromatic rings. The number of amides is 6. The van der Waals surface area contributed by atoms with Crippen molar-refractivity contribution in [2.75, 3.05) is 89.2 Å². The summed E-state index contributed by atoms with van der Waals surface area (Å²) in [5.74, 6) is -1.71. The summed E-state index contributed by atoms with van der Waals surface area (Å²) in [6.07, 6.45) is 2.47. The lowest BCUT2D eigenvalue weighted by Gasteiger charge is -2.49. The summed E-state index contributed by atoms with van der Waals surface area (Å²) in [6, 6.07) is 20.6. The first-order chi connectivity index (χ1) is 36.0. The molecule has 3 fully saturated rings. The van der Waals surface area contributed by atoms with Crippen LogP contribution in [0.4, 0.5) is 49.3 Å². The molecular formula is C55H58FN11O8. The molecule has 6 aliphatic heterocycles. The lowest BCUT2D eigenvalue weighted by molar-refractivity contribution is -0.136. The van der Waals surface area contributed by atoms with Crippen molar-refractivity contribution >= 4 is 75.7 Å². The highest BCUT2D eigenvalue weighted by atomic mass is 19.1. The minimum Gasteiger partial charge on any atom is -0.490 e. The van der Waals surface area contributed by atoms with Crippen LogP contribution in [0.25, 0.3) is 0 Å². The number of carbonyl (C=O) groups excluding carboxylic acids is 6. The minimum absolute atomic E-state index is 0.0625. The van der Waals surface area contributed by atoms with E-state index in [9.17, 15) is 28.8 Å². The Balaban J connectivity index is 0.640. The van der Waals surface area contributed by atoms with Crippen molar-refractivity contribution in [1.82, 2.24) is 25.1 Å². The van der Waals surface area contributed by atoms with Gasteiger partial charge in [0, 0.05) is 92.8 Å². The number of piperidine rings is 1. The van der Waals surface area contributed by atoms with Crippen molar-refractivity contribution in [3.05, 3.63) is 118 Å². The van der Waals surface area contributed by atoms with Gasteiger partial charge in [-0.05, 0) is 112 Å². The van der Waals surface area contributed by atoms with E-state index in [2.05, 4.69) is 35.6 Å². The number of imide groups is 2. The van der Waals surface area contributed by atoms with Crippen LogP contribution in [0.15, 0.2) is 79.0 Å². The highest BCUT2D eigenvalue weighted by Gasteiger charge is 2.45. The number of benzene rings is 4. The number of aromatic nitrogens is 2. The number of rotatable bonds is 10. The van der Waals surface area contributed by atoms with Gasteiger partial charge in [-0.25, -0.2) is 19.2 Å². The summed E-state index contributed by atoms with van der Waals surface area (Å²) in [6.45, 7) is 13.8. The van der Waals surface area contributed by atoms with Gasteiger partial charge in [0.15, 0.2) is 0 Å². The van der Waals surface area contributed by atoms with Crippen LogP contribution < -0.4 is 40.3 Å². The van der Waals surface area contributed by atoms with Gasteiger partial charge in [-0.2, -0.15) is 0 Å². The number of carbonyl (C=O) groups is 6. The van der Waals surface area contributed by atoms with Gasteiger partial charge < -0.3 is 34.8 Å². The first kappa shape index (κ1) is 49.1. The third-order valence-electron chi connectivity index (χ3n) is 14.7. The predicted molar refractivity (Wildman–Crippen MR) is 278 cm³/mol. The van der Waals surface area contributed by atoms with E-state index in [0.29, 0.717) is 55.9 Å². The van der Waals surface area contributed by atoms with E-state index >= 15 is 4.39 Å². The Labute approximate surface area is 432 Å². The number of anilines is 7. The molecule has 75 heavy (non-hydrogen) atoms. The van der Waals surface area contributed by atoms with Crippen LogP contribution >= 0.6 is 0 Å². The molecule has 0 aliphatic carbocycles. The zero-order chi connectivity index (χ0) is 52.3. The Morgan fingerprint density at radius 3 is 2.32 bits per heavy atom. The SMILES string of the molecule is Cc1c(N2CCc3cnc(Nc4ccc(CC(=O)Nc5ccc(N6CCN(C7CN(c8ccc9c(c8)C(=O)N(C8CCC(=O)NC8=O)C9=O)C7)CC6)c(F)c5)cc4)nc3C2)ccc2c1N(C(=O)OC(C)(C)C)CCO2. The fourth-order valence-electron chi connectivity index (χ4n) is 10.8. The molecule has 6 amide bonds. The third-order valence-corrected chi connectivity index (χ3v) is 14.7. The number of hydrogen-bond donors (Lipinski definition) is 3. The van der Waals surface area contributed by atoms with Gasteiger partial charge in [0.2, 0.25) is 23.7 Å². The van der Waals surface area contributed by atoms with Crippen molar-refractivity contribution in [2.24, 2.45) is 0 Å². The number of ether oxygens (including phenoxy) is 2. The second-order valence-corrected chi connectivity index (χ2v) is 20.8. The zero-order valence-corrected chi connectivity index (χ0v) is 42.3. The van der Waals surface area contributed by atoms with Crippen LogP contribution in [-0.2, 0) is 38.5 Å². The van der Waals surface area contributed by atoms with Gasteiger partial charge in [-0.15, -0.1) is 0 Å². The van der Waals surface area contributed by atoms with Gasteiger partial charge in [0.05, 0.1) is 47.7 Å². The van der Waals surface area contributed by atoms with Gasteiger partial charge in [-0.3, -0.25) is 44.0 Å². The minimum atomic E-state index is -1.01. The maximum absolute atomic E-state index is 15.6. The van der Waals surface area contributed by atoms with Crippen LogP contribution in [0.1, 0.15) is 76.7 Å². The molecule has 4 aromatic carbocycles. The first-order valence-electron chi connectivity index (χ1n) is 25.4. The number of nitrogens with zero attached hydrogens (tertiary/aromatic N) is 8. The molecule has 1 atom stereocenters. The molecular weight excluding hydrogens is 962 g/mol. The topological polar surface area (TPSA) is 202 Å². The Bertz CT molecular complexity index is 3150. The van der Waals surface area contributed by atoms with Gasteiger partial charge in [0.25, 0.3) is 11.8 Å². The lowest BCUT2D eigenvalue weighted by Crippen LogP contribution is -2.63. The van der Waals surface area contributed by atoms with Crippen molar-refractivity contribution < 1.29 is 42.6 Å². The summed E-state index contributed by atoms with van der Waals surface area (Å²) in [5, 5.41) is 8.37. The van der Waals surface area contributed by atoms with E-state index in [1.54, 1.807) is 29.2 Å². The number of halogens is 1. The highest BCUT2D eigenvalue weighted by molar-refractivity contribution is 6.23. The van der Waals surface area contributed by atoms with Crippen LogP contribution in [0.5, 0.6) is 5.75 Å². The molecule has 0 saturated carbocycles. The summed E-state index contributed by atoms with van der Waals surface area (Å²) in [5.41, 5.74) is 7.67. The van der Waals surface area contributed by atoms with Gasteiger partial charge in [0.1, 0.15) is 29.8 Å². The largest absolute Gasteiger partial charge is 0.490 e. The van der Waals surface area contributed by atoms with E-state index in [1.807, 2.05) is 81.3 Å². The van der Waals surface area contributed by atoms with E-state index < -0.39 is 47.2 Å². The van der Waals surface area contributed by atoms with Crippen molar-refractivity contribution in [2.45, 2.75) is 77.6 Å². The second-order valence-electron chi connectivity index (χ2n) is 20.8. The molecule has 7 heterocycles. The predicted octanol–water partition coefficient (Wildman–Crippen LogP) is 5.96. The van der Waals surface area contributed by atoms with E-state index in [-0.39, 0.29) is 42.3 Å². The maximum atomic E-state index is 15.6. The van der Waals surface area contributed by atoms with Crippen LogP contribution in [0.2, 0.25) is 0 Å². The molecule has 388 valence electrons. The molecule has 20 heteroatoms. The molecule has 19 nitrogen and oxygen atoms in total. The lowest BCUT2D eigenvalue weighted by atomic mass is 10.0. The van der Waals surface area contributed by atoms with E-state index in [0.717, 1.165) is 89.2 Å². The van der Waals surface area contributed by atoms with Crippen LogP contribution in [-0.4, -0.2) is 132 Å². The second kappa shape index (κ2) is 19.6. The Morgan fingerprint density at radius 1 is 0.827 bits per heavy atom. The smallest absolute Gasteiger partial charge is 0.415 e. The zero-order valence-electron chi connectivity index (χ0n) is 42.3. The fourth-order valence-corrected chi connectivity index (χ4v) is 10.8. The number of fused-ring (bicyclic) bond motifs is 3. The van der Waals surface area contributed by atoms with Gasteiger partial charge >= 0.3 is 6.09 Å². The maximum Gasteiger partial charge on any atom is 0.415 e. The number of piperazine rings is 1. The summed E-state index contributed by atoms with van der Waals surface area (Å²) in [7, 11) is 0. The molecule has 0 bridgehead atoms.